The molecule has 0 amide bonds. The molecule has 0 aromatic heterocycles. The summed E-state index contributed by atoms with van der Waals surface area (Å²) < 4.78 is 0. The highest BCUT2D eigenvalue weighted by Gasteiger charge is 1.99. The Morgan fingerprint density at radius 3 is 0.404 bits per heavy atom. The Hall–Kier alpha value is 0. The Kier molecular flexibility index (Phi) is 51.0. The second kappa shape index (κ2) is 51.0. The molecule has 1 radical (unpaired) electrons. The summed E-state index contributed by atoms with van der Waals surface area (Å²) in [6.45, 7) is 4.62. The van der Waals surface area contributed by atoms with E-state index >= 15 is 0 Å². The molecule has 0 N–H and O–H groups in total. The smallest absolute Gasteiger partial charge is 0.0386 e. The number of rotatable bonds is 49. The second-order valence-electron chi connectivity index (χ2n) is 17.8. The highest BCUT2D eigenvalue weighted by atomic mass is 14.1. The van der Waals surface area contributed by atoms with Crippen molar-refractivity contribution in [1.29, 1.82) is 0 Å². The minimum absolute atomic E-state index is 1.37. The van der Waals surface area contributed by atoms with Crippen LogP contribution in [-0.2, 0) is 0 Å². The molecule has 0 aromatic carbocycles. The van der Waals surface area contributed by atoms with E-state index < -0.39 is 0 Å². The van der Waals surface area contributed by atoms with Gasteiger partial charge in [-0.05, 0) is 6.42 Å². The van der Waals surface area contributed by atoms with Gasteiger partial charge in [0.25, 0.3) is 0 Å². The van der Waals surface area contributed by atoms with Crippen molar-refractivity contribution in [3.63, 3.8) is 0 Å². The van der Waals surface area contributed by atoms with E-state index in [0.29, 0.717) is 0 Å². The highest BCUT2D eigenvalue weighted by molar-refractivity contribution is 4.65. The fraction of sp³-hybridized carbons (Fsp3) is 0.981. The number of hydrogen-bond acceptors (Lipinski definition) is 0. The molecule has 0 aromatic rings. The van der Waals surface area contributed by atoms with Crippen molar-refractivity contribution in [3.05, 3.63) is 6.42 Å². The van der Waals surface area contributed by atoms with Gasteiger partial charge < -0.3 is 0 Å². The van der Waals surface area contributed by atoms with E-state index in [0.717, 1.165) is 0 Å². The molecule has 0 saturated heterocycles. The lowest BCUT2D eigenvalue weighted by Gasteiger charge is -2.05. The summed E-state index contributed by atoms with van der Waals surface area (Å²) in [6, 6.07) is 0. The molecule has 0 saturated carbocycles. The topological polar surface area (TPSA) is 0 Å². The molecule has 0 heterocycles. The third-order valence-corrected chi connectivity index (χ3v) is 12.3. The van der Waals surface area contributed by atoms with Gasteiger partial charge in [0.1, 0.15) is 0 Å². The molecule has 0 heteroatoms. The van der Waals surface area contributed by atoms with Crippen LogP contribution in [-0.4, -0.2) is 0 Å². The van der Waals surface area contributed by atoms with Crippen molar-refractivity contribution in [1.82, 2.24) is 0 Å². The zero-order valence-corrected chi connectivity index (χ0v) is 37.2. The van der Waals surface area contributed by atoms with Crippen LogP contribution in [0.3, 0.4) is 0 Å². The molecular weight excluding hydrogens is 625 g/mol. The van der Waals surface area contributed by atoms with Crippen molar-refractivity contribution >= 4 is 0 Å². The Morgan fingerprint density at radius 1 is 0.154 bits per heavy atom. The first kappa shape index (κ1) is 52.0. The lowest BCUT2D eigenvalue weighted by atomic mass is 10.0. The fourth-order valence-corrected chi connectivity index (χ4v) is 8.47. The fourth-order valence-electron chi connectivity index (χ4n) is 8.47. The molecule has 0 aliphatic rings. The van der Waals surface area contributed by atoms with Crippen LogP contribution in [0.25, 0.3) is 0 Å². The lowest BCUT2D eigenvalue weighted by Crippen LogP contribution is -1.85. The van der Waals surface area contributed by atoms with Gasteiger partial charge in [0.15, 0.2) is 0 Å². The average Bonchev–Trinajstić information content (AvgIpc) is 3.16. The maximum Gasteiger partial charge on any atom is -0.0386 e. The molecule has 0 atom stereocenters. The van der Waals surface area contributed by atoms with Crippen LogP contribution in [0.1, 0.15) is 328 Å². The minimum Gasteiger partial charge on any atom is -0.0654 e. The van der Waals surface area contributed by atoms with E-state index in [2.05, 4.69) is 20.3 Å². The van der Waals surface area contributed by atoms with E-state index in [-0.39, 0.29) is 0 Å². The Balaban J connectivity index is 3.04. The van der Waals surface area contributed by atoms with Crippen LogP contribution >= 0.6 is 0 Å². The predicted molar refractivity (Wildman–Crippen MR) is 242 cm³/mol. The maximum atomic E-state index is 2.61. The van der Waals surface area contributed by atoms with Crippen molar-refractivity contribution < 1.29 is 0 Å². The van der Waals surface area contributed by atoms with E-state index in [9.17, 15) is 0 Å². The predicted octanol–water partition coefficient (Wildman–Crippen LogP) is 20.3. The summed E-state index contributed by atoms with van der Waals surface area (Å²) >= 11 is 0. The minimum atomic E-state index is 1.37. The van der Waals surface area contributed by atoms with Gasteiger partial charge in [-0.2, -0.15) is 0 Å². The van der Waals surface area contributed by atoms with Gasteiger partial charge in [0, 0.05) is 0 Å². The van der Waals surface area contributed by atoms with Gasteiger partial charge in [0.2, 0.25) is 0 Å². The van der Waals surface area contributed by atoms with E-state index in [4.69, 9.17) is 0 Å². The average molecular weight is 730 g/mol. The first-order valence-electron chi connectivity index (χ1n) is 25.7. The van der Waals surface area contributed by atoms with Crippen LogP contribution < -0.4 is 0 Å². The summed E-state index contributed by atoms with van der Waals surface area (Å²) in [7, 11) is 0. The molecule has 0 bridgehead atoms. The molecule has 0 fully saturated rings. The Bertz CT molecular complexity index is 514. The van der Waals surface area contributed by atoms with Crippen LogP contribution in [0.5, 0.6) is 0 Å². The van der Waals surface area contributed by atoms with E-state index in [1.165, 1.54) is 315 Å². The van der Waals surface area contributed by atoms with E-state index in [1.807, 2.05) is 0 Å². The summed E-state index contributed by atoms with van der Waals surface area (Å²) in [5.74, 6) is 0. The van der Waals surface area contributed by atoms with Gasteiger partial charge in [-0.15, -0.1) is 0 Å². The van der Waals surface area contributed by atoms with Gasteiger partial charge in [-0.1, -0.05) is 328 Å². The van der Waals surface area contributed by atoms with Gasteiger partial charge in [-0.3, -0.25) is 0 Å². The molecule has 0 nitrogen and oxygen atoms in total. The van der Waals surface area contributed by atoms with Crippen LogP contribution in [0.4, 0.5) is 0 Å². The van der Waals surface area contributed by atoms with Gasteiger partial charge in [-0.25, -0.2) is 0 Å². The Morgan fingerprint density at radius 2 is 0.269 bits per heavy atom. The van der Waals surface area contributed by atoms with Crippen molar-refractivity contribution in [2.75, 3.05) is 0 Å². The quantitative estimate of drug-likeness (QED) is 0.0547. The molecule has 0 aliphatic heterocycles. The van der Waals surface area contributed by atoms with Crippen molar-refractivity contribution in [2.45, 2.75) is 328 Å². The first-order valence-corrected chi connectivity index (χ1v) is 25.7. The zero-order chi connectivity index (χ0) is 37.4. The van der Waals surface area contributed by atoms with Gasteiger partial charge in [0.05, 0.1) is 0 Å². The summed E-state index contributed by atoms with van der Waals surface area (Å²) in [5.41, 5.74) is 0. The normalized spacial score (nSPS) is 11.7. The van der Waals surface area contributed by atoms with E-state index in [1.54, 1.807) is 0 Å². The highest BCUT2D eigenvalue weighted by Crippen LogP contribution is 2.18. The van der Waals surface area contributed by atoms with Crippen molar-refractivity contribution in [2.24, 2.45) is 0 Å². The van der Waals surface area contributed by atoms with Crippen LogP contribution in [0.15, 0.2) is 0 Å². The molecule has 52 heavy (non-hydrogen) atoms. The number of unbranched alkanes of at least 4 members (excludes halogenated alkanes) is 49. The molecule has 0 unspecified atom stereocenters. The monoisotopic (exact) mass is 730 g/mol. The van der Waals surface area contributed by atoms with Crippen molar-refractivity contribution in [3.8, 4) is 0 Å². The lowest BCUT2D eigenvalue weighted by molar-refractivity contribution is 0.515. The largest absolute Gasteiger partial charge is 0.0654 e. The standard InChI is InChI=1S/C52H105/c1-3-5-7-9-11-13-15-17-19-21-23-25-27-29-31-33-35-37-39-41-43-45-47-49-51-52-50-48-46-44-42-40-38-36-34-32-30-28-26-24-22-20-18-16-14-12-10-8-6-4-2/h49H,3-48,50-52H2,1-2H3. The third kappa shape index (κ3) is 50.0. The molecule has 0 aliphatic carbocycles. The second-order valence-corrected chi connectivity index (χ2v) is 17.8. The maximum absolute atomic E-state index is 2.61. The van der Waals surface area contributed by atoms with Crippen LogP contribution in [0.2, 0.25) is 0 Å². The summed E-state index contributed by atoms with van der Waals surface area (Å²) in [4.78, 5) is 0. The third-order valence-electron chi connectivity index (χ3n) is 12.3. The zero-order valence-electron chi connectivity index (χ0n) is 37.2. The first-order chi connectivity index (χ1) is 25.9. The summed E-state index contributed by atoms with van der Waals surface area (Å²) in [5, 5.41) is 0. The molecule has 313 valence electrons. The Labute approximate surface area is 333 Å². The SMILES string of the molecule is CCCCCCCCCCCCCCCCCCCCCCCC[CH]CCCCCCCCCCCCCCCCCCCCCCCCCCC. The number of hydrogen-bond donors (Lipinski definition) is 0. The summed E-state index contributed by atoms with van der Waals surface area (Å²) in [6.07, 6.45) is 74.9. The molecular formula is C52H105. The van der Waals surface area contributed by atoms with Crippen LogP contribution in [0, 0.1) is 6.42 Å². The molecule has 0 spiro atoms. The molecule has 0 rings (SSSR count). The van der Waals surface area contributed by atoms with Gasteiger partial charge >= 0.3 is 0 Å².